The first-order valence-electron chi connectivity index (χ1n) is 11.5. The van der Waals surface area contributed by atoms with Crippen molar-refractivity contribution < 1.29 is 14.3 Å². The summed E-state index contributed by atoms with van der Waals surface area (Å²) in [5.41, 5.74) is 4.11. The smallest absolute Gasteiger partial charge is 0.189 e. The number of ketones is 1. The second-order valence-electron chi connectivity index (χ2n) is 9.12. The van der Waals surface area contributed by atoms with E-state index in [1.165, 1.54) is 5.56 Å². The lowest BCUT2D eigenvalue weighted by Gasteiger charge is -2.29. The average Bonchev–Trinajstić information content (AvgIpc) is 3.20. The van der Waals surface area contributed by atoms with E-state index in [2.05, 4.69) is 51.0 Å². The largest absolute Gasteiger partial charge is 0.496 e. The van der Waals surface area contributed by atoms with Crippen LogP contribution in [0.5, 0.6) is 11.5 Å². The molecule has 0 saturated heterocycles. The van der Waals surface area contributed by atoms with Crippen molar-refractivity contribution in [3.8, 4) is 11.5 Å². The number of ether oxygens (including phenoxy) is 2. The van der Waals surface area contributed by atoms with E-state index in [0.29, 0.717) is 17.1 Å². The number of carbonyl (C=O) groups excluding carboxylic acids is 1. The van der Waals surface area contributed by atoms with Crippen LogP contribution in [0.1, 0.15) is 40.9 Å². The molecule has 1 aliphatic rings. The third kappa shape index (κ3) is 4.56. The first-order chi connectivity index (χ1) is 16.9. The summed E-state index contributed by atoms with van der Waals surface area (Å²) in [7, 11) is 1.62. The molecule has 0 radical (unpaired) electrons. The van der Waals surface area contributed by atoms with Gasteiger partial charge in [0.2, 0.25) is 0 Å². The number of rotatable bonds is 6. The molecule has 2 heterocycles. The normalized spacial score (nSPS) is 14.2. The Morgan fingerprint density at radius 3 is 2.66 bits per heavy atom. The van der Waals surface area contributed by atoms with Gasteiger partial charge in [-0.25, -0.2) is 0 Å². The number of methoxy groups -OCH3 is 1. The van der Waals surface area contributed by atoms with Gasteiger partial charge in [0.1, 0.15) is 17.1 Å². The number of aromatic nitrogens is 1. The zero-order valence-electron chi connectivity index (χ0n) is 19.9. The zero-order valence-corrected chi connectivity index (χ0v) is 21.5. The van der Waals surface area contributed by atoms with Crippen molar-refractivity contribution in [3.63, 3.8) is 0 Å². The van der Waals surface area contributed by atoms with E-state index >= 15 is 0 Å². The van der Waals surface area contributed by atoms with Crippen LogP contribution in [-0.4, -0.2) is 23.1 Å². The minimum atomic E-state index is -0.503. The lowest BCUT2D eigenvalue weighted by atomic mass is 9.97. The maximum atomic E-state index is 13.3. The molecule has 3 aromatic carbocycles. The highest BCUT2D eigenvalue weighted by atomic mass is 79.9. The van der Waals surface area contributed by atoms with Crippen molar-refractivity contribution in [2.75, 3.05) is 7.11 Å². The second-order valence-corrected chi connectivity index (χ2v) is 9.97. The molecule has 4 nitrogen and oxygen atoms in total. The Morgan fingerprint density at radius 1 is 1.09 bits per heavy atom. The Kier molecular flexibility index (Phi) is 6.12. The van der Waals surface area contributed by atoms with E-state index in [0.717, 1.165) is 33.0 Å². The quantitative estimate of drug-likeness (QED) is 0.192. The second kappa shape index (κ2) is 9.23. The van der Waals surface area contributed by atoms with Crippen molar-refractivity contribution in [2.45, 2.75) is 26.0 Å². The topological polar surface area (TPSA) is 40.5 Å². The van der Waals surface area contributed by atoms with Crippen LogP contribution in [0, 0.1) is 0 Å². The van der Waals surface area contributed by atoms with Gasteiger partial charge in [0, 0.05) is 33.7 Å². The molecule has 0 amide bonds. The Balaban J connectivity index is 1.50. The molecule has 5 rings (SSSR count). The predicted molar refractivity (Wildman–Crippen MR) is 145 cm³/mol. The first kappa shape index (κ1) is 23.2. The van der Waals surface area contributed by atoms with Crippen LogP contribution in [0.3, 0.4) is 0 Å². The van der Waals surface area contributed by atoms with Crippen LogP contribution >= 0.6 is 15.9 Å². The fourth-order valence-electron chi connectivity index (χ4n) is 4.41. The standard InChI is InChI=1S/C30H26BrNO3/c1-30(2)17-16-24-28(34-3)15-13-23(29(24)35-30)27(33)14-12-20-18-32(26-11-7-5-9-22(20)26)19-21-8-4-6-10-25(21)31/h4-18H,19H2,1-3H3/b14-12+. The molecule has 35 heavy (non-hydrogen) atoms. The molecule has 0 bridgehead atoms. The van der Waals surface area contributed by atoms with Crippen molar-refractivity contribution in [1.29, 1.82) is 0 Å². The number of benzene rings is 3. The highest BCUT2D eigenvalue weighted by Gasteiger charge is 2.27. The van der Waals surface area contributed by atoms with Crippen LogP contribution in [-0.2, 0) is 6.54 Å². The van der Waals surface area contributed by atoms with Gasteiger partial charge in [-0.05, 0) is 68.0 Å². The highest BCUT2D eigenvalue weighted by molar-refractivity contribution is 9.10. The minimum absolute atomic E-state index is 0.113. The lowest BCUT2D eigenvalue weighted by molar-refractivity contribution is 0.103. The van der Waals surface area contributed by atoms with Gasteiger partial charge >= 0.3 is 0 Å². The Hall–Kier alpha value is -3.57. The van der Waals surface area contributed by atoms with E-state index in [9.17, 15) is 4.79 Å². The first-order valence-corrected chi connectivity index (χ1v) is 12.3. The molecule has 0 N–H and O–H groups in total. The molecule has 176 valence electrons. The summed E-state index contributed by atoms with van der Waals surface area (Å²) in [6.45, 7) is 4.66. The number of fused-ring (bicyclic) bond motifs is 2. The minimum Gasteiger partial charge on any atom is -0.496 e. The summed E-state index contributed by atoms with van der Waals surface area (Å²) < 4.78 is 15.0. The van der Waals surface area contributed by atoms with Gasteiger partial charge in [-0.1, -0.05) is 52.3 Å². The maximum Gasteiger partial charge on any atom is 0.189 e. The lowest BCUT2D eigenvalue weighted by Crippen LogP contribution is -2.28. The number of para-hydroxylation sites is 1. The summed E-state index contributed by atoms with van der Waals surface area (Å²) in [6, 6.07) is 20.1. The van der Waals surface area contributed by atoms with E-state index in [1.807, 2.05) is 62.4 Å². The Morgan fingerprint density at radius 2 is 1.86 bits per heavy atom. The monoisotopic (exact) mass is 527 g/mol. The number of nitrogens with zero attached hydrogens (tertiary/aromatic N) is 1. The third-order valence-corrected chi connectivity index (χ3v) is 6.96. The molecule has 1 aliphatic heterocycles. The predicted octanol–water partition coefficient (Wildman–Crippen LogP) is 7.54. The van der Waals surface area contributed by atoms with E-state index in [1.54, 1.807) is 19.3 Å². The number of hydrogen-bond donors (Lipinski definition) is 0. The maximum absolute atomic E-state index is 13.3. The van der Waals surface area contributed by atoms with Gasteiger partial charge < -0.3 is 14.0 Å². The summed E-state index contributed by atoms with van der Waals surface area (Å²) in [6.07, 6.45) is 9.55. The van der Waals surface area contributed by atoms with Crippen LogP contribution in [0.4, 0.5) is 0 Å². The molecule has 0 fully saturated rings. The SMILES string of the molecule is COc1ccc(C(=O)/C=C/c2cn(Cc3ccccc3Br)c3ccccc23)c2c1C=CC(C)(C)O2. The van der Waals surface area contributed by atoms with Gasteiger partial charge in [-0.3, -0.25) is 4.79 Å². The molecular weight excluding hydrogens is 502 g/mol. The molecule has 4 aromatic rings. The molecule has 0 saturated carbocycles. The number of allylic oxidation sites excluding steroid dienone is 1. The van der Waals surface area contributed by atoms with Crippen LogP contribution in [0.15, 0.2) is 83.5 Å². The van der Waals surface area contributed by atoms with Gasteiger partial charge in [-0.2, -0.15) is 0 Å². The number of halogens is 1. The number of hydrogen-bond acceptors (Lipinski definition) is 3. The fourth-order valence-corrected chi connectivity index (χ4v) is 4.82. The van der Waals surface area contributed by atoms with Gasteiger partial charge in [0.25, 0.3) is 0 Å². The van der Waals surface area contributed by atoms with Gasteiger partial charge in [0.05, 0.1) is 18.2 Å². The summed E-state index contributed by atoms with van der Waals surface area (Å²) >= 11 is 3.65. The van der Waals surface area contributed by atoms with Crippen molar-refractivity contribution in [1.82, 2.24) is 4.57 Å². The Bertz CT molecular complexity index is 1490. The summed E-state index contributed by atoms with van der Waals surface area (Å²) in [5.74, 6) is 1.13. The fraction of sp³-hybridized carbons (Fsp3) is 0.167. The van der Waals surface area contributed by atoms with Crippen LogP contribution in [0.2, 0.25) is 0 Å². The molecule has 0 spiro atoms. The van der Waals surface area contributed by atoms with E-state index < -0.39 is 5.60 Å². The highest BCUT2D eigenvalue weighted by Crippen LogP contribution is 2.40. The molecule has 5 heteroatoms. The van der Waals surface area contributed by atoms with Gasteiger partial charge in [0.15, 0.2) is 5.78 Å². The Labute approximate surface area is 213 Å². The molecular formula is C30H26BrNO3. The molecule has 0 aliphatic carbocycles. The summed E-state index contributed by atoms with van der Waals surface area (Å²) in [5, 5.41) is 1.10. The zero-order chi connectivity index (χ0) is 24.6. The van der Waals surface area contributed by atoms with Gasteiger partial charge in [-0.15, -0.1) is 0 Å². The molecule has 1 aromatic heterocycles. The van der Waals surface area contributed by atoms with Crippen molar-refractivity contribution in [3.05, 3.63) is 106 Å². The average molecular weight is 528 g/mol. The molecule has 0 unspecified atom stereocenters. The summed E-state index contributed by atoms with van der Waals surface area (Å²) in [4.78, 5) is 13.3. The van der Waals surface area contributed by atoms with E-state index in [-0.39, 0.29) is 5.78 Å². The number of carbonyl (C=O) groups is 1. The van der Waals surface area contributed by atoms with Crippen LogP contribution in [0.25, 0.3) is 23.1 Å². The van der Waals surface area contributed by atoms with Crippen molar-refractivity contribution in [2.24, 2.45) is 0 Å². The van der Waals surface area contributed by atoms with Crippen molar-refractivity contribution >= 4 is 44.8 Å². The molecule has 0 atom stereocenters. The third-order valence-electron chi connectivity index (χ3n) is 6.19. The van der Waals surface area contributed by atoms with Crippen LogP contribution < -0.4 is 9.47 Å². The van der Waals surface area contributed by atoms with E-state index in [4.69, 9.17) is 9.47 Å².